The Hall–Kier alpha value is -0.870. The van der Waals surface area contributed by atoms with Gasteiger partial charge in [0.25, 0.3) is 0 Å². The van der Waals surface area contributed by atoms with E-state index >= 15 is 0 Å². The zero-order valence-electron chi connectivity index (χ0n) is 15.3. The molecule has 4 heteroatoms. The number of benzene rings is 1. The van der Waals surface area contributed by atoms with Crippen LogP contribution >= 0.6 is 0 Å². The van der Waals surface area contributed by atoms with Crippen LogP contribution in [0.5, 0.6) is 0 Å². The van der Waals surface area contributed by atoms with E-state index < -0.39 is 20.9 Å². The van der Waals surface area contributed by atoms with Crippen LogP contribution < -0.4 is 0 Å². The Labute approximate surface area is 135 Å². The molecule has 0 atom stereocenters. The zero-order valence-corrected chi connectivity index (χ0v) is 16.1. The minimum Gasteiger partial charge on any atom is -0.744 e. The van der Waals surface area contributed by atoms with Gasteiger partial charge < -0.3 is 4.55 Å². The van der Waals surface area contributed by atoms with E-state index in [9.17, 15) is 13.0 Å². The third-order valence-electron chi connectivity index (χ3n) is 3.82. The van der Waals surface area contributed by atoms with E-state index in [1.54, 1.807) is 0 Å². The highest BCUT2D eigenvalue weighted by molar-refractivity contribution is 7.85. The summed E-state index contributed by atoms with van der Waals surface area (Å²) in [5.74, 6) is 0. The van der Waals surface area contributed by atoms with Gasteiger partial charge in [0.1, 0.15) is 10.1 Å². The SMILES string of the molecule is CC(C)(C)c1cc(C(C)(C)C)c(S(=O)(=O)[O-])c(C(C)(C)C)c1. The van der Waals surface area contributed by atoms with Crippen LogP contribution in [0.25, 0.3) is 0 Å². The second-order valence-electron chi connectivity index (χ2n) is 9.10. The van der Waals surface area contributed by atoms with Crippen molar-refractivity contribution in [1.29, 1.82) is 0 Å². The molecule has 0 fully saturated rings. The minimum atomic E-state index is -4.54. The highest BCUT2D eigenvalue weighted by Crippen LogP contribution is 2.40. The summed E-state index contributed by atoms with van der Waals surface area (Å²) in [7, 11) is -4.54. The fourth-order valence-corrected chi connectivity index (χ4v) is 3.71. The first-order valence-electron chi connectivity index (χ1n) is 7.61. The lowest BCUT2D eigenvalue weighted by molar-refractivity contribution is 0.448. The van der Waals surface area contributed by atoms with E-state index in [0.717, 1.165) is 5.56 Å². The molecule has 0 bridgehead atoms. The third-order valence-corrected chi connectivity index (χ3v) is 4.76. The van der Waals surface area contributed by atoms with Crippen molar-refractivity contribution in [3.05, 3.63) is 28.8 Å². The van der Waals surface area contributed by atoms with Gasteiger partial charge >= 0.3 is 0 Å². The lowest BCUT2D eigenvalue weighted by Gasteiger charge is -2.34. The van der Waals surface area contributed by atoms with Crippen molar-refractivity contribution >= 4 is 10.1 Å². The fourth-order valence-electron chi connectivity index (χ4n) is 2.45. The Kier molecular flexibility index (Phi) is 4.66. The first-order chi connectivity index (χ1) is 9.45. The van der Waals surface area contributed by atoms with Crippen LogP contribution in [0.1, 0.15) is 79.0 Å². The normalized spacial score (nSPS) is 14.3. The average molecular weight is 325 g/mol. The molecule has 1 aromatic carbocycles. The Bertz CT molecular complexity index is 629. The molecule has 0 heterocycles. The number of hydrogen-bond donors (Lipinski definition) is 0. The quantitative estimate of drug-likeness (QED) is 0.715. The largest absolute Gasteiger partial charge is 0.744 e. The van der Waals surface area contributed by atoms with Crippen LogP contribution in [0.15, 0.2) is 17.0 Å². The van der Waals surface area contributed by atoms with Gasteiger partial charge in [-0.25, -0.2) is 8.42 Å². The molecule has 3 nitrogen and oxygen atoms in total. The van der Waals surface area contributed by atoms with Gasteiger partial charge in [-0.3, -0.25) is 0 Å². The first-order valence-corrected chi connectivity index (χ1v) is 9.02. The summed E-state index contributed by atoms with van der Waals surface area (Å²) in [6, 6.07) is 3.78. The van der Waals surface area contributed by atoms with Crippen molar-refractivity contribution in [2.75, 3.05) is 0 Å². The van der Waals surface area contributed by atoms with Gasteiger partial charge in [-0.05, 0) is 32.9 Å². The molecule has 1 rings (SSSR count). The Morgan fingerprint density at radius 3 is 1.23 bits per heavy atom. The second kappa shape index (κ2) is 5.34. The minimum absolute atomic E-state index is 0.0412. The molecule has 0 amide bonds. The molecular weight excluding hydrogens is 296 g/mol. The van der Waals surface area contributed by atoms with E-state index in [0.29, 0.717) is 11.1 Å². The van der Waals surface area contributed by atoms with Crippen LogP contribution in [-0.4, -0.2) is 13.0 Å². The lowest BCUT2D eigenvalue weighted by Crippen LogP contribution is -2.26. The van der Waals surface area contributed by atoms with E-state index in [-0.39, 0.29) is 10.3 Å². The van der Waals surface area contributed by atoms with E-state index in [4.69, 9.17) is 0 Å². The molecule has 22 heavy (non-hydrogen) atoms. The molecule has 0 N–H and O–H groups in total. The summed E-state index contributed by atoms with van der Waals surface area (Å²) < 4.78 is 35.9. The van der Waals surface area contributed by atoms with Crippen molar-refractivity contribution in [2.24, 2.45) is 0 Å². The van der Waals surface area contributed by atoms with Crippen molar-refractivity contribution < 1.29 is 13.0 Å². The third kappa shape index (κ3) is 4.11. The maximum absolute atomic E-state index is 12.0. The molecule has 1 aromatic rings. The van der Waals surface area contributed by atoms with E-state index in [1.807, 2.05) is 53.7 Å². The molecule has 0 saturated heterocycles. The summed E-state index contributed by atoms with van der Waals surface area (Å²) in [4.78, 5) is -0.0412. The van der Waals surface area contributed by atoms with Crippen LogP contribution in [0.3, 0.4) is 0 Å². The van der Waals surface area contributed by atoms with Crippen LogP contribution in [0.2, 0.25) is 0 Å². The van der Waals surface area contributed by atoms with Crippen LogP contribution in [-0.2, 0) is 26.4 Å². The molecule has 0 aromatic heterocycles. The summed E-state index contributed by atoms with van der Waals surface area (Å²) in [6.07, 6.45) is 0. The summed E-state index contributed by atoms with van der Waals surface area (Å²) >= 11 is 0. The predicted molar refractivity (Wildman–Crippen MR) is 90.5 cm³/mol. The number of hydrogen-bond acceptors (Lipinski definition) is 3. The van der Waals surface area contributed by atoms with Crippen molar-refractivity contribution in [3.8, 4) is 0 Å². The average Bonchev–Trinajstić information content (AvgIpc) is 2.22. The van der Waals surface area contributed by atoms with Crippen molar-refractivity contribution in [3.63, 3.8) is 0 Å². The molecule has 0 radical (unpaired) electrons. The van der Waals surface area contributed by atoms with Gasteiger partial charge in [0.2, 0.25) is 0 Å². The smallest absolute Gasteiger partial charge is 0.125 e. The standard InChI is InChI=1S/C18H30O3S/c1-16(2,3)12-10-13(17(4,5)6)15(22(19,20)21)14(11-12)18(7,8)9/h10-11H,1-9H3,(H,19,20,21)/p-1. The molecule has 0 aliphatic rings. The summed E-state index contributed by atoms with van der Waals surface area (Å²) in [6.45, 7) is 17.9. The van der Waals surface area contributed by atoms with Gasteiger partial charge in [-0.15, -0.1) is 0 Å². The highest BCUT2D eigenvalue weighted by atomic mass is 32.2. The molecule has 0 saturated carbocycles. The Morgan fingerprint density at radius 1 is 0.727 bits per heavy atom. The monoisotopic (exact) mass is 325 g/mol. The summed E-state index contributed by atoms with van der Waals surface area (Å²) in [5.41, 5.74) is 1.31. The Balaban J connectivity index is 4.05. The second-order valence-corrected chi connectivity index (χ2v) is 10.4. The Morgan fingerprint density at radius 2 is 1.05 bits per heavy atom. The predicted octanol–water partition coefficient (Wildman–Crippen LogP) is 4.48. The van der Waals surface area contributed by atoms with Crippen LogP contribution in [0.4, 0.5) is 0 Å². The molecule has 126 valence electrons. The van der Waals surface area contributed by atoms with Crippen molar-refractivity contribution in [2.45, 2.75) is 83.5 Å². The van der Waals surface area contributed by atoms with Gasteiger partial charge in [0, 0.05) is 0 Å². The van der Waals surface area contributed by atoms with E-state index in [1.165, 1.54) is 0 Å². The molecule has 0 aliphatic carbocycles. The van der Waals surface area contributed by atoms with Gasteiger partial charge in [0.15, 0.2) is 0 Å². The maximum Gasteiger partial charge on any atom is 0.125 e. The molecular formula is C18H29O3S-. The first kappa shape index (κ1) is 19.2. The van der Waals surface area contributed by atoms with Gasteiger partial charge in [0.05, 0.1) is 4.90 Å². The number of rotatable bonds is 1. The van der Waals surface area contributed by atoms with Crippen molar-refractivity contribution in [1.82, 2.24) is 0 Å². The topological polar surface area (TPSA) is 57.2 Å². The van der Waals surface area contributed by atoms with Gasteiger partial charge in [-0.1, -0.05) is 74.4 Å². The van der Waals surface area contributed by atoms with Gasteiger partial charge in [-0.2, -0.15) is 0 Å². The lowest BCUT2D eigenvalue weighted by atomic mass is 9.75. The zero-order chi connectivity index (χ0) is 17.7. The molecule has 0 unspecified atom stereocenters. The van der Waals surface area contributed by atoms with E-state index in [2.05, 4.69) is 20.8 Å². The van der Waals surface area contributed by atoms with Crippen LogP contribution in [0, 0.1) is 0 Å². The highest BCUT2D eigenvalue weighted by Gasteiger charge is 2.31. The fraction of sp³-hybridized carbons (Fsp3) is 0.667. The summed E-state index contributed by atoms with van der Waals surface area (Å²) in [5, 5.41) is 0. The maximum atomic E-state index is 12.0. The molecule has 0 spiro atoms. The molecule has 0 aliphatic heterocycles.